The molecular formula is C17H33N3O. The van der Waals surface area contributed by atoms with Gasteiger partial charge in [0.1, 0.15) is 0 Å². The first-order chi connectivity index (χ1) is 10.3. The molecule has 2 N–H and O–H groups in total. The van der Waals surface area contributed by atoms with Crippen molar-refractivity contribution in [3.05, 3.63) is 0 Å². The summed E-state index contributed by atoms with van der Waals surface area (Å²) < 4.78 is 0. The Hall–Kier alpha value is -0.610. The second-order valence-electron chi connectivity index (χ2n) is 6.70. The van der Waals surface area contributed by atoms with Crippen LogP contribution in [0.25, 0.3) is 0 Å². The van der Waals surface area contributed by atoms with Crippen LogP contribution in [0, 0.1) is 0 Å². The second kappa shape index (κ2) is 9.42. The maximum Gasteiger partial charge on any atom is 0.222 e. The molecule has 2 rings (SSSR count). The third-order valence-corrected chi connectivity index (χ3v) is 4.96. The number of hydrogen-bond acceptors (Lipinski definition) is 3. The first-order valence-corrected chi connectivity index (χ1v) is 9.03. The third kappa shape index (κ3) is 5.59. The smallest absolute Gasteiger partial charge is 0.222 e. The average Bonchev–Trinajstić information content (AvgIpc) is 2.96. The van der Waals surface area contributed by atoms with E-state index in [1.165, 1.54) is 51.6 Å². The molecule has 21 heavy (non-hydrogen) atoms. The van der Waals surface area contributed by atoms with Crippen LogP contribution in [-0.4, -0.2) is 54.5 Å². The Morgan fingerprint density at radius 2 is 1.71 bits per heavy atom. The zero-order valence-corrected chi connectivity index (χ0v) is 13.6. The zero-order valence-electron chi connectivity index (χ0n) is 13.6. The van der Waals surface area contributed by atoms with Crippen molar-refractivity contribution in [3.8, 4) is 0 Å². The van der Waals surface area contributed by atoms with Gasteiger partial charge in [-0.3, -0.25) is 4.79 Å². The number of rotatable bonds is 8. The van der Waals surface area contributed by atoms with Crippen LogP contribution in [0.2, 0.25) is 0 Å². The maximum atomic E-state index is 12.4. The van der Waals surface area contributed by atoms with E-state index in [2.05, 4.69) is 9.80 Å². The minimum absolute atomic E-state index is 0.391. The molecule has 0 radical (unpaired) electrons. The first kappa shape index (κ1) is 16.8. The molecule has 2 fully saturated rings. The molecule has 122 valence electrons. The lowest BCUT2D eigenvalue weighted by atomic mass is 10.1. The molecule has 1 amide bonds. The molecule has 0 spiro atoms. The van der Waals surface area contributed by atoms with Crippen LogP contribution in [0.3, 0.4) is 0 Å². The van der Waals surface area contributed by atoms with Crippen LogP contribution in [0.1, 0.15) is 64.2 Å². The lowest BCUT2D eigenvalue weighted by Gasteiger charge is -2.33. The molecule has 0 aromatic heterocycles. The van der Waals surface area contributed by atoms with Crippen LogP contribution >= 0.6 is 0 Å². The molecule has 2 aliphatic rings. The van der Waals surface area contributed by atoms with Crippen molar-refractivity contribution in [2.75, 3.05) is 32.7 Å². The van der Waals surface area contributed by atoms with Crippen LogP contribution in [-0.2, 0) is 4.79 Å². The van der Waals surface area contributed by atoms with Crippen molar-refractivity contribution < 1.29 is 4.79 Å². The predicted octanol–water partition coefficient (Wildman–Crippen LogP) is 2.37. The van der Waals surface area contributed by atoms with Crippen molar-refractivity contribution in [1.82, 2.24) is 9.80 Å². The molecule has 0 aromatic carbocycles. The molecule has 0 aliphatic carbocycles. The fourth-order valence-corrected chi connectivity index (χ4v) is 3.71. The fraction of sp³-hybridized carbons (Fsp3) is 0.941. The SMILES string of the molecule is NCCCCCCC(=O)N1CCCC1CN1CCCCC1. The van der Waals surface area contributed by atoms with Gasteiger partial charge in [0.2, 0.25) is 5.91 Å². The number of carbonyl (C=O) groups is 1. The van der Waals surface area contributed by atoms with Crippen molar-refractivity contribution in [1.29, 1.82) is 0 Å². The van der Waals surface area contributed by atoms with Gasteiger partial charge in [0.25, 0.3) is 0 Å². The summed E-state index contributed by atoms with van der Waals surface area (Å²) in [7, 11) is 0. The van der Waals surface area contributed by atoms with Gasteiger partial charge < -0.3 is 15.5 Å². The largest absolute Gasteiger partial charge is 0.338 e. The van der Waals surface area contributed by atoms with E-state index >= 15 is 0 Å². The van der Waals surface area contributed by atoms with Gasteiger partial charge in [-0.1, -0.05) is 19.3 Å². The lowest BCUT2D eigenvalue weighted by molar-refractivity contribution is -0.132. The summed E-state index contributed by atoms with van der Waals surface area (Å²) in [6.07, 6.45) is 11.6. The summed E-state index contributed by atoms with van der Waals surface area (Å²) in [6, 6.07) is 0.486. The molecule has 2 heterocycles. The highest BCUT2D eigenvalue weighted by Gasteiger charge is 2.29. The number of amides is 1. The number of piperidine rings is 1. The topological polar surface area (TPSA) is 49.6 Å². The van der Waals surface area contributed by atoms with E-state index in [4.69, 9.17) is 5.73 Å². The fourth-order valence-electron chi connectivity index (χ4n) is 3.71. The Morgan fingerprint density at radius 1 is 0.952 bits per heavy atom. The van der Waals surface area contributed by atoms with Gasteiger partial charge in [-0.05, 0) is 58.2 Å². The van der Waals surface area contributed by atoms with Crippen molar-refractivity contribution in [2.45, 2.75) is 70.3 Å². The van der Waals surface area contributed by atoms with E-state index in [1.54, 1.807) is 0 Å². The number of nitrogens with zero attached hydrogens (tertiary/aromatic N) is 2. The minimum atomic E-state index is 0.391. The number of hydrogen-bond donors (Lipinski definition) is 1. The molecule has 2 aliphatic heterocycles. The van der Waals surface area contributed by atoms with E-state index in [1.807, 2.05) is 0 Å². The summed E-state index contributed by atoms with van der Waals surface area (Å²) in [4.78, 5) is 17.2. The molecule has 2 saturated heterocycles. The molecule has 0 aromatic rings. The summed E-state index contributed by atoms with van der Waals surface area (Å²) in [5.74, 6) is 0.391. The first-order valence-electron chi connectivity index (χ1n) is 9.03. The van der Waals surface area contributed by atoms with E-state index in [0.29, 0.717) is 11.9 Å². The highest BCUT2D eigenvalue weighted by Crippen LogP contribution is 2.21. The Bertz CT molecular complexity index is 302. The molecule has 4 nitrogen and oxygen atoms in total. The van der Waals surface area contributed by atoms with Gasteiger partial charge in [-0.25, -0.2) is 0 Å². The van der Waals surface area contributed by atoms with Gasteiger partial charge in [-0.15, -0.1) is 0 Å². The minimum Gasteiger partial charge on any atom is -0.338 e. The molecule has 4 heteroatoms. The van der Waals surface area contributed by atoms with Gasteiger partial charge in [0.15, 0.2) is 0 Å². The number of unbranched alkanes of at least 4 members (excludes halogenated alkanes) is 3. The Labute approximate surface area is 130 Å². The van der Waals surface area contributed by atoms with Gasteiger partial charge in [0, 0.05) is 25.6 Å². The molecule has 1 atom stereocenters. The Morgan fingerprint density at radius 3 is 2.48 bits per heavy atom. The van der Waals surface area contributed by atoms with Crippen LogP contribution < -0.4 is 5.73 Å². The Kier molecular flexibility index (Phi) is 7.51. The number of nitrogens with two attached hydrogens (primary N) is 1. The van der Waals surface area contributed by atoms with E-state index in [0.717, 1.165) is 45.3 Å². The summed E-state index contributed by atoms with van der Waals surface area (Å²) >= 11 is 0. The number of carbonyl (C=O) groups excluding carboxylic acids is 1. The number of likely N-dealkylation sites (tertiary alicyclic amines) is 2. The lowest BCUT2D eigenvalue weighted by Crippen LogP contribution is -2.44. The van der Waals surface area contributed by atoms with Crippen LogP contribution in [0.4, 0.5) is 0 Å². The van der Waals surface area contributed by atoms with Crippen LogP contribution in [0.15, 0.2) is 0 Å². The quantitative estimate of drug-likeness (QED) is 0.699. The van der Waals surface area contributed by atoms with Gasteiger partial charge in [0.05, 0.1) is 0 Å². The summed E-state index contributed by atoms with van der Waals surface area (Å²) in [6.45, 7) is 5.34. The normalized spacial score (nSPS) is 23.7. The van der Waals surface area contributed by atoms with Gasteiger partial charge in [-0.2, -0.15) is 0 Å². The van der Waals surface area contributed by atoms with E-state index in [-0.39, 0.29) is 0 Å². The van der Waals surface area contributed by atoms with E-state index in [9.17, 15) is 4.79 Å². The molecule has 0 saturated carbocycles. The average molecular weight is 295 g/mol. The summed E-state index contributed by atoms with van der Waals surface area (Å²) in [5, 5.41) is 0. The second-order valence-corrected chi connectivity index (χ2v) is 6.70. The van der Waals surface area contributed by atoms with Crippen molar-refractivity contribution >= 4 is 5.91 Å². The molecule has 0 bridgehead atoms. The van der Waals surface area contributed by atoms with Crippen molar-refractivity contribution in [2.24, 2.45) is 5.73 Å². The van der Waals surface area contributed by atoms with Crippen molar-refractivity contribution in [3.63, 3.8) is 0 Å². The Balaban J connectivity index is 1.68. The zero-order chi connectivity index (χ0) is 14.9. The predicted molar refractivity (Wildman–Crippen MR) is 87.2 cm³/mol. The molecular weight excluding hydrogens is 262 g/mol. The third-order valence-electron chi connectivity index (χ3n) is 4.96. The standard InChI is InChI=1S/C17H33N3O/c18-11-5-2-1-4-10-17(21)20-14-8-9-16(20)15-19-12-6-3-7-13-19/h16H,1-15,18H2. The molecule has 1 unspecified atom stereocenters. The highest BCUT2D eigenvalue weighted by molar-refractivity contribution is 5.76. The van der Waals surface area contributed by atoms with Crippen LogP contribution in [0.5, 0.6) is 0 Å². The highest BCUT2D eigenvalue weighted by atomic mass is 16.2. The summed E-state index contributed by atoms with van der Waals surface area (Å²) in [5.41, 5.74) is 5.50. The maximum absolute atomic E-state index is 12.4. The van der Waals surface area contributed by atoms with Gasteiger partial charge >= 0.3 is 0 Å². The van der Waals surface area contributed by atoms with E-state index < -0.39 is 0 Å². The monoisotopic (exact) mass is 295 g/mol.